The first-order chi connectivity index (χ1) is 5.81. The fourth-order valence-corrected chi connectivity index (χ4v) is 3.37. The molecule has 0 radical (unpaired) electrons. The predicted octanol–water partition coefficient (Wildman–Crippen LogP) is 2.55. The van der Waals surface area contributed by atoms with Gasteiger partial charge in [0.1, 0.15) is 0 Å². The lowest BCUT2D eigenvalue weighted by atomic mass is 9.82. The van der Waals surface area contributed by atoms with E-state index in [9.17, 15) is 0 Å². The van der Waals surface area contributed by atoms with Crippen LogP contribution in [0.5, 0.6) is 0 Å². The van der Waals surface area contributed by atoms with Crippen molar-refractivity contribution in [2.75, 3.05) is 0 Å². The van der Waals surface area contributed by atoms with Crippen molar-refractivity contribution in [1.82, 2.24) is 0 Å². The zero-order chi connectivity index (χ0) is 8.55. The molecule has 0 amide bonds. The number of rotatable bonds is 3. The summed E-state index contributed by atoms with van der Waals surface area (Å²) >= 11 is 0. The molecule has 2 aliphatic rings. The van der Waals surface area contributed by atoms with Crippen molar-refractivity contribution in [1.29, 1.82) is 0 Å². The van der Waals surface area contributed by atoms with Crippen LogP contribution in [0.4, 0.5) is 0 Å². The first kappa shape index (κ1) is 8.55. The minimum Gasteiger partial charge on any atom is -0.327 e. The van der Waals surface area contributed by atoms with Crippen LogP contribution >= 0.6 is 0 Å². The van der Waals surface area contributed by atoms with Crippen LogP contribution in [-0.2, 0) is 0 Å². The average Bonchev–Trinajstić information content (AvgIpc) is 2.64. The van der Waals surface area contributed by atoms with Gasteiger partial charge in [0, 0.05) is 6.04 Å². The van der Waals surface area contributed by atoms with Crippen molar-refractivity contribution in [3.63, 3.8) is 0 Å². The van der Waals surface area contributed by atoms with Gasteiger partial charge in [-0.05, 0) is 43.4 Å². The van der Waals surface area contributed by atoms with Crippen LogP contribution in [-0.4, -0.2) is 6.04 Å². The Kier molecular flexibility index (Phi) is 2.40. The van der Waals surface area contributed by atoms with E-state index in [1.807, 2.05) is 0 Å². The highest BCUT2D eigenvalue weighted by Gasteiger charge is 2.41. The van der Waals surface area contributed by atoms with Crippen molar-refractivity contribution in [3.05, 3.63) is 0 Å². The lowest BCUT2D eigenvalue weighted by Crippen LogP contribution is -2.33. The summed E-state index contributed by atoms with van der Waals surface area (Å²) in [5.41, 5.74) is 6.18. The van der Waals surface area contributed by atoms with E-state index in [1.165, 1.54) is 38.5 Å². The van der Waals surface area contributed by atoms with E-state index in [2.05, 4.69) is 6.92 Å². The first-order valence-corrected chi connectivity index (χ1v) is 5.56. The standard InChI is InChI=1S/C11H21N/c1-2-3-11(12)10-7-8-4-5-9(10)6-8/h8-11H,2-7,12H2,1H3/t8?,9?,10?,11-/m0/s1. The summed E-state index contributed by atoms with van der Waals surface area (Å²) in [6, 6.07) is 0.519. The third-order valence-corrected chi connectivity index (χ3v) is 3.96. The maximum Gasteiger partial charge on any atom is 0.00698 e. The second kappa shape index (κ2) is 3.37. The normalized spacial score (nSPS) is 42.0. The molecule has 0 aromatic heterocycles. The molecule has 0 heterocycles. The monoisotopic (exact) mass is 167 g/mol. The molecule has 0 spiro atoms. The van der Waals surface area contributed by atoms with Crippen molar-refractivity contribution in [2.24, 2.45) is 23.5 Å². The molecule has 3 unspecified atom stereocenters. The van der Waals surface area contributed by atoms with Crippen molar-refractivity contribution < 1.29 is 0 Å². The Morgan fingerprint density at radius 2 is 2.17 bits per heavy atom. The van der Waals surface area contributed by atoms with E-state index in [0.717, 1.165) is 17.8 Å². The third-order valence-electron chi connectivity index (χ3n) is 3.96. The van der Waals surface area contributed by atoms with E-state index in [1.54, 1.807) is 0 Å². The lowest BCUT2D eigenvalue weighted by Gasteiger charge is -2.27. The molecule has 2 aliphatic carbocycles. The fraction of sp³-hybridized carbons (Fsp3) is 1.00. The summed E-state index contributed by atoms with van der Waals surface area (Å²) in [6.45, 7) is 2.24. The van der Waals surface area contributed by atoms with Crippen LogP contribution in [0.1, 0.15) is 45.4 Å². The van der Waals surface area contributed by atoms with Gasteiger partial charge in [0.05, 0.1) is 0 Å². The van der Waals surface area contributed by atoms with Gasteiger partial charge in [-0.15, -0.1) is 0 Å². The first-order valence-electron chi connectivity index (χ1n) is 5.56. The molecule has 1 nitrogen and oxygen atoms in total. The number of fused-ring (bicyclic) bond motifs is 2. The predicted molar refractivity (Wildman–Crippen MR) is 51.8 cm³/mol. The zero-order valence-corrected chi connectivity index (χ0v) is 8.13. The van der Waals surface area contributed by atoms with E-state index in [-0.39, 0.29) is 0 Å². The molecule has 0 aromatic carbocycles. The highest BCUT2D eigenvalue weighted by molar-refractivity contribution is 4.94. The van der Waals surface area contributed by atoms with Gasteiger partial charge >= 0.3 is 0 Å². The molecule has 2 fully saturated rings. The Bertz CT molecular complexity index is 155. The topological polar surface area (TPSA) is 26.0 Å². The molecule has 0 saturated heterocycles. The van der Waals surface area contributed by atoms with Crippen molar-refractivity contribution in [3.8, 4) is 0 Å². The van der Waals surface area contributed by atoms with Crippen molar-refractivity contribution >= 4 is 0 Å². The van der Waals surface area contributed by atoms with Crippen LogP contribution < -0.4 is 5.73 Å². The number of nitrogens with two attached hydrogens (primary N) is 1. The molecule has 0 aliphatic heterocycles. The van der Waals surface area contributed by atoms with E-state index in [4.69, 9.17) is 5.73 Å². The van der Waals surface area contributed by atoms with Crippen LogP contribution in [0.3, 0.4) is 0 Å². The SMILES string of the molecule is CCC[C@H](N)C1CC2CCC1C2. The Morgan fingerprint density at radius 1 is 1.33 bits per heavy atom. The van der Waals surface area contributed by atoms with Gasteiger partial charge in [-0.1, -0.05) is 19.8 Å². The lowest BCUT2D eigenvalue weighted by molar-refractivity contribution is 0.271. The minimum atomic E-state index is 0.519. The second-order valence-corrected chi connectivity index (χ2v) is 4.79. The van der Waals surface area contributed by atoms with E-state index in [0.29, 0.717) is 6.04 Å². The highest BCUT2D eigenvalue weighted by Crippen LogP contribution is 2.49. The van der Waals surface area contributed by atoms with Gasteiger partial charge in [-0.25, -0.2) is 0 Å². The molecular weight excluding hydrogens is 146 g/mol. The molecule has 2 bridgehead atoms. The van der Waals surface area contributed by atoms with Crippen LogP contribution in [0.25, 0.3) is 0 Å². The second-order valence-electron chi connectivity index (χ2n) is 4.79. The number of hydrogen-bond acceptors (Lipinski definition) is 1. The van der Waals surface area contributed by atoms with Gasteiger partial charge in [0.15, 0.2) is 0 Å². The minimum absolute atomic E-state index is 0.519. The largest absolute Gasteiger partial charge is 0.327 e. The molecule has 4 atom stereocenters. The van der Waals surface area contributed by atoms with Gasteiger partial charge in [-0.3, -0.25) is 0 Å². The molecule has 70 valence electrons. The summed E-state index contributed by atoms with van der Waals surface area (Å²) in [4.78, 5) is 0. The molecule has 2 rings (SSSR count). The summed E-state index contributed by atoms with van der Waals surface area (Å²) < 4.78 is 0. The Morgan fingerprint density at radius 3 is 2.67 bits per heavy atom. The van der Waals surface area contributed by atoms with E-state index >= 15 is 0 Å². The summed E-state index contributed by atoms with van der Waals surface area (Å²) in [5.74, 6) is 2.96. The Labute approximate surface area is 75.7 Å². The highest BCUT2D eigenvalue weighted by atomic mass is 14.7. The van der Waals surface area contributed by atoms with Gasteiger partial charge in [0.25, 0.3) is 0 Å². The van der Waals surface area contributed by atoms with Gasteiger partial charge in [-0.2, -0.15) is 0 Å². The smallest absolute Gasteiger partial charge is 0.00698 e. The van der Waals surface area contributed by atoms with Gasteiger partial charge in [0.2, 0.25) is 0 Å². The van der Waals surface area contributed by atoms with Crippen LogP contribution in [0.2, 0.25) is 0 Å². The fourth-order valence-electron chi connectivity index (χ4n) is 3.37. The maximum atomic E-state index is 6.18. The average molecular weight is 167 g/mol. The molecule has 12 heavy (non-hydrogen) atoms. The summed E-state index contributed by atoms with van der Waals surface area (Å²) in [7, 11) is 0. The quantitative estimate of drug-likeness (QED) is 0.687. The summed E-state index contributed by atoms with van der Waals surface area (Å²) in [5, 5.41) is 0. The molecule has 0 aromatic rings. The molecule has 2 saturated carbocycles. The molecule has 2 N–H and O–H groups in total. The Balaban J connectivity index is 1.89. The van der Waals surface area contributed by atoms with Gasteiger partial charge < -0.3 is 5.73 Å². The van der Waals surface area contributed by atoms with Crippen LogP contribution in [0, 0.1) is 17.8 Å². The molecular formula is C11H21N. The Hall–Kier alpha value is -0.0400. The van der Waals surface area contributed by atoms with Crippen molar-refractivity contribution in [2.45, 2.75) is 51.5 Å². The molecule has 1 heteroatoms. The third kappa shape index (κ3) is 1.39. The maximum absolute atomic E-state index is 6.18. The van der Waals surface area contributed by atoms with E-state index < -0.39 is 0 Å². The number of hydrogen-bond donors (Lipinski definition) is 1. The van der Waals surface area contributed by atoms with Crippen LogP contribution in [0.15, 0.2) is 0 Å². The summed E-state index contributed by atoms with van der Waals surface area (Å²) in [6.07, 6.45) is 8.43. The zero-order valence-electron chi connectivity index (χ0n) is 8.13.